The van der Waals surface area contributed by atoms with Crippen molar-refractivity contribution in [2.45, 2.75) is 117 Å². The van der Waals surface area contributed by atoms with E-state index in [0.29, 0.717) is 23.7 Å². The molecule has 3 heteroatoms. The summed E-state index contributed by atoms with van der Waals surface area (Å²) in [6.45, 7) is 16.8. The molecule has 0 bridgehead atoms. The van der Waals surface area contributed by atoms with E-state index in [2.05, 4.69) is 32.6 Å². The van der Waals surface area contributed by atoms with Crippen LogP contribution < -0.4 is 0 Å². The Morgan fingerprint density at radius 2 is 1.84 bits per heavy atom. The first-order valence-electron chi connectivity index (χ1n) is 12.9. The quantitative estimate of drug-likeness (QED) is 0.448. The number of fused-ring (bicyclic) bond motifs is 1. The van der Waals surface area contributed by atoms with E-state index >= 15 is 0 Å². The summed E-state index contributed by atoms with van der Waals surface area (Å²) in [6.07, 6.45) is 13.2. The van der Waals surface area contributed by atoms with Gasteiger partial charge < -0.3 is 15.3 Å². The van der Waals surface area contributed by atoms with Crippen LogP contribution in [0.1, 0.15) is 99.3 Å². The molecule has 0 aromatic rings. The summed E-state index contributed by atoms with van der Waals surface area (Å²) in [4.78, 5) is 0. The van der Waals surface area contributed by atoms with Crippen LogP contribution in [0.3, 0.4) is 0 Å². The van der Waals surface area contributed by atoms with Crippen molar-refractivity contribution in [1.82, 2.24) is 0 Å². The van der Waals surface area contributed by atoms with Crippen LogP contribution in [0.15, 0.2) is 35.5 Å². The van der Waals surface area contributed by atoms with Gasteiger partial charge in [0.05, 0.1) is 17.8 Å². The fraction of sp³-hybridized carbons (Fsp3) is 0.793. The van der Waals surface area contributed by atoms with Gasteiger partial charge >= 0.3 is 0 Å². The monoisotopic (exact) mass is 444 g/mol. The van der Waals surface area contributed by atoms with Gasteiger partial charge in [0.1, 0.15) is 0 Å². The van der Waals surface area contributed by atoms with Crippen molar-refractivity contribution in [2.75, 3.05) is 0 Å². The fourth-order valence-corrected chi connectivity index (χ4v) is 7.06. The predicted molar refractivity (Wildman–Crippen MR) is 133 cm³/mol. The first-order chi connectivity index (χ1) is 14.8. The summed E-state index contributed by atoms with van der Waals surface area (Å²) < 4.78 is 0. The Labute approximate surface area is 196 Å². The van der Waals surface area contributed by atoms with E-state index in [0.717, 1.165) is 36.3 Å². The van der Waals surface area contributed by atoms with Crippen LogP contribution in [0.2, 0.25) is 0 Å². The number of rotatable bonds is 6. The smallest absolute Gasteiger partial charge is 0.0862 e. The maximum Gasteiger partial charge on any atom is 0.0862 e. The average Bonchev–Trinajstić information content (AvgIpc) is 3.05. The molecule has 3 rings (SSSR count). The minimum Gasteiger partial charge on any atom is -0.392 e. The fourth-order valence-electron chi connectivity index (χ4n) is 7.06. The number of aliphatic hydroxyl groups excluding tert-OH is 2. The van der Waals surface area contributed by atoms with Gasteiger partial charge in [0.15, 0.2) is 0 Å². The van der Waals surface area contributed by atoms with Gasteiger partial charge in [-0.05, 0) is 93.1 Å². The highest BCUT2D eigenvalue weighted by molar-refractivity contribution is 5.40. The van der Waals surface area contributed by atoms with Crippen LogP contribution in [-0.4, -0.2) is 33.1 Å². The highest BCUT2D eigenvalue weighted by Crippen LogP contribution is 2.60. The van der Waals surface area contributed by atoms with E-state index in [1.807, 2.05) is 27.7 Å². The molecule has 0 radical (unpaired) electrons. The third kappa shape index (κ3) is 5.10. The zero-order valence-corrected chi connectivity index (χ0v) is 21.5. The average molecular weight is 445 g/mol. The summed E-state index contributed by atoms with van der Waals surface area (Å²) in [6, 6.07) is 0. The van der Waals surface area contributed by atoms with E-state index < -0.39 is 23.2 Å². The molecule has 3 aliphatic rings. The molecule has 3 aliphatic carbocycles. The van der Waals surface area contributed by atoms with Crippen LogP contribution in [0, 0.1) is 28.6 Å². The largest absolute Gasteiger partial charge is 0.392 e. The summed E-state index contributed by atoms with van der Waals surface area (Å²) in [7, 11) is 0. The topological polar surface area (TPSA) is 60.7 Å². The number of allylic oxidation sites excluding steroid dienone is 3. The van der Waals surface area contributed by atoms with Gasteiger partial charge in [0.2, 0.25) is 0 Å². The summed E-state index contributed by atoms with van der Waals surface area (Å²) in [5.74, 6) is 2.08. The maximum absolute atomic E-state index is 10.7. The third-order valence-electron chi connectivity index (χ3n) is 9.39. The lowest BCUT2D eigenvalue weighted by atomic mass is 9.60. The van der Waals surface area contributed by atoms with E-state index in [1.165, 1.54) is 32.1 Å². The minimum absolute atomic E-state index is 0.362. The Kier molecular flexibility index (Phi) is 7.55. The molecule has 182 valence electrons. The molecule has 0 aromatic carbocycles. The van der Waals surface area contributed by atoms with Crippen molar-refractivity contribution in [3.63, 3.8) is 0 Å². The zero-order valence-electron chi connectivity index (χ0n) is 21.5. The van der Waals surface area contributed by atoms with Gasteiger partial charge in [0.25, 0.3) is 0 Å². The lowest BCUT2D eigenvalue weighted by Crippen LogP contribution is -2.45. The Bertz CT molecular complexity index is 753. The highest BCUT2D eigenvalue weighted by Gasteiger charge is 2.50. The van der Waals surface area contributed by atoms with Gasteiger partial charge in [-0.25, -0.2) is 0 Å². The number of hydrogen-bond acceptors (Lipinski definition) is 3. The number of aliphatic hydroxyl groups is 3. The van der Waals surface area contributed by atoms with Crippen molar-refractivity contribution in [1.29, 1.82) is 0 Å². The molecule has 6 atom stereocenters. The van der Waals surface area contributed by atoms with E-state index in [4.69, 9.17) is 0 Å². The highest BCUT2D eigenvalue weighted by atomic mass is 16.3. The van der Waals surface area contributed by atoms with Crippen LogP contribution in [0.4, 0.5) is 0 Å². The number of hydrogen-bond donors (Lipinski definition) is 3. The summed E-state index contributed by atoms with van der Waals surface area (Å²) in [5, 5.41) is 31.3. The van der Waals surface area contributed by atoms with Crippen molar-refractivity contribution < 1.29 is 15.3 Å². The Morgan fingerprint density at radius 1 is 1.16 bits per heavy atom. The Balaban J connectivity index is 1.72. The molecule has 0 heterocycles. The lowest BCUT2D eigenvalue weighted by Gasteiger charge is -2.44. The summed E-state index contributed by atoms with van der Waals surface area (Å²) >= 11 is 0. The first-order valence-corrected chi connectivity index (χ1v) is 12.9. The van der Waals surface area contributed by atoms with Gasteiger partial charge in [-0.15, -0.1) is 0 Å². The molecule has 0 saturated heterocycles. The summed E-state index contributed by atoms with van der Waals surface area (Å²) in [5.41, 5.74) is 2.57. The van der Waals surface area contributed by atoms with Gasteiger partial charge in [-0.3, -0.25) is 0 Å². The molecule has 0 aromatic heterocycles. The minimum atomic E-state index is -0.701. The van der Waals surface area contributed by atoms with Crippen molar-refractivity contribution in [3.05, 3.63) is 35.5 Å². The first kappa shape index (κ1) is 25.7. The molecule has 0 spiro atoms. The molecule has 2 unspecified atom stereocenters. The zero-order chi connectivity index (χ0) is 23.9. The van der Waals surface area contributed by atoms with E-state index in [-0.39, 0.29) is 0 Å². The molecule has 32 heavy (non-hydrogen) atoms. The second kappa shape index (κ2) is 9.39. The van der Waals surface area contributed by atoms with Gasteiger partial charge in [-0.1, -0.05) is 64.8 Å². The molecule has 3 N–H and O–H groups in total. The molecule has 0 aliphatic heterocycles. The molecular formula is C29H48O3. The normalized spacial score (nSPS) is 38.8. The van der Waals surface area contributed by atoms with Crippen LogP contribution >= 0.6 is 0 Å². The molecule has 3 fully saturated rings. The molecule has 0 amide bonds. The Hall–Kier alpha value is -0.900. The van der Waals surface area contributed by atoms with E-state index in [9.17, 15) is 15.3 Å². The third-order valence-corrected chi connectivity index (χ3v) is 9.39. The Morgan fingerprint density at radius 3 is 2.50 bits per heavy atom. The van der Waals surface area contributed by atoms with Crippen LogP contribution in [0.25, 0.3) is 0 Å². The van der Waals surface area contributed by atoms with Crippen LogP contribution in [-0.2, 0) is 0 Å². The standard InChI is InChI=1S/C29H48O3/c1-19(10-8-16-27(3,4)32)23-14-15-24-21(11-9-17-29(23,24)7)12-13-22-18-25(30)28(5,6)26(31)20(22)2/h12-13,19,23-26,30-32H,2,8-11,14-18H2,1,3-7H3/t19-,23?,24?,25+,26+,29-/m1/s1. The van der Waals surface area contributed by atoms with Gasteiger partial charge in [0, 0.05) is 5.41 Å². The van der Waals surface area contributed by atoms with Crippen molar-refractivity contribution in [3.8, 4) is 0 Å². The lowest BCUT2D eigenvalue weighted by molar-refractivity contribution is -0.0404. The molecular weight excluding hydrogens is 396 g/mol. The van der Waals surface area contributed by atoms with Gasteiger partial charge in [-0.2, -0.15) is 0 Å². The second-order valence-corrected chi connectivity index (χ2v) is 12.7. The van der Waals surface area contributed by atoms with Crippen LogP contribution in [0.5, 0.6) is 0 Å². The predicted octanol–water partition coefficient (Wildman–Crippen LogP) is 6.34. The van der Waals surface area contributed by atoms with E-state index in [1.54, 1.807) is 5.57 Å². The SMILES string of the molecule is C=C1C(=CC=C2CCC[C@@]3(C)C2CCC3[C@H](C)CCCC(C)(C)O)C[C@H](O)C(C)(C)[C@H]1O. The molecule has 3 saturated carbocycles. The maximum atomic E-state index is 10.7. The van der Waals surface area contributed by atoms with Crippen molar-refractivity contribution in [2.24, 2.45) is 28.6 Å². The second-order valence-electron chi connectivity index (χ2n) is 12.7. The molecule has 3 nitrogen and oxygen atoms in total. The van der Waals surface area contributed by atoms with Crippen molar-refractivity contribution >= 4 is 0 Å².